The first-order chi connectivity index (χ1) is 4.39. The smallest absolute Gasteiger partial charge is 0.0202 e. The Bertz CT molecular complexity index is 193. The van der Waals surface area contributed by atoms with Gasteiger partial charge in [0.25, 0.3) is 0 Å². The predicted molar refractivity (Wildman–Crippen MR) is 46.6 cm³/mol. The Kier molecular flexibility index (Phi) is 2.48. The molecule has 0 aliphatic rings. The molecule has 0 saturated carbocycles. The third-order valence-corrected chi connectivity index (χ3v) is 1.44. The van der Waals surface area contributed by atoms with Crippen LogP contribution >= 0.6 is 0 Å². The Morgan fingerprint density at radius 3 is 1.80 bits per heavy atom. The van der Waals surface area contributed by atoms with Crippen LogP contribution in [0.2, 0.25) is 0 Å². The minimum atomic E-state index is 0.0451. The second-order valence-corrected chi connectivity index (χ2v) is 3.35. The van der Waals surface area contributed by atoms with E-state index in [0.717, 1.165) is 5.57 Å². The van der Waals surface area contributed by atoms with Crippen molar-refractivity contribution in [3.05, 3.63) is 24.3 Å². The van der Waals surface area contributed by atoms with E-state index in [1.165, 1.54) is 0 Å². The van der Waals surface area contributed by atoms with Gasteiger partial charge in [-0.05, 0) is 11.0 Å². The van der Waals surface area contributed by atoms with E-state index in [2.05, 4.69) is 39.8 Å². The fourth-order valence-corrected chi connectivity index (χ4v) is 0.540. The van der Waals surface area contributed by atoms with Gasteiger partial charge in [-0.25, -0.2) is 0 Å². The molecule has 0 heteroatoms. The van der Waals surface area contributed by atoms with E-state index in [9.17, 15) is 0 Å². The topological polar surface area (TPSA) is 0 Å². The highest BCUT2D eigenvalue weighted by Crippen LogP contribution is 2.27. The molecule has 0 aliphatic carbocycles. The maximum absolute atomic E-state index is 5.16. The van der Waals surface area contributed by atoms with Gasteiger partial charge in [-0.1, -0.05) is 39.8 Å². The van der Waals surface area contributed by atoms with Gasteiger partial charge < -0.3 is 0 Å². The Morgan fingerprint density at radius 1 is 1.30 bits per heavy atom. The third-order valence-electron chi connectivity index (χ3n) is 1.44. The van der Waals surface area contributed by atoms with E-state index in [-0.39, 0.29) is 5.41 Å². The monoisotopic (exact) mass is 134 g/mol. The minimum absolute atomic E-state index is 0.0451. The molecule has 0 aromatic rings. The van der Waals surface area contributed by atoms with Crippen LogP contribution in [-0.2, 0) is 0 Å². The van der Waals surface area contributed by atoms with Crippen molar-refractivity contribution in [1.29, 1.82) is 0 Å². The predicted octanol–water partition coefficient (Wildman–Crippen LogP) is 2.78. The third kappa shape index (κ3) is 2.11. The van der Waals surface area contributed by atoms with Crippen molar-refractivity contribution < 1.29 is 0 Å². The van der Waals surface area contributed by atoms with Crippen LogP contribution in [0.25, 0.3) is 0 Å². The largest absolute Gasteiger partial charge is 0.115 e. The maximum atomic E-state index is 5.16. The van der Waals surface area contributed by atoms with Crippen molar-refractivity contribution in [3.63, 3.8) is 0 Å². The molecule has 0 atom stereocenters. The Labute approximate surface area is 63.6 Å². The van der Waals surface area contributed by atoms with E-state index in [1.807, 2.05) is 0 Å². The zero-order valence-electron chi connectivity index (χ0n) is 6.99. The summed E-state index contributed by atoms with van der Waals surface area (Å²) < 4.78 is 0. The lowest BCUT2D eigenvalue weighted by Crippen LogP contribution is -2.08. The van der Waals surface area contributed by atoms with Crippen molar-refractivity contribution in [1.82, 2.24) is 0 Å². The van der Waals surface area contributed by atoms with Gasteiger partial charge in [-0.15, -0.1) is 6.42 Å². The standard InChI is InChI=1S/C10H14/c1-7-8(2)9(3)10(4,5)6/h1H,2-3H2,4-6H3. The summed E-state index contributed by atoms with van der Waals surface area (Å²) in [6.07, 6.45) is 5.16. The summed E-state index contributed by atoms with van der Waals surface area (Å²) in [5.74, 6) is 2.48. The zero-order chi connectivity index (χ0) is 8.36. The molecule has 54 valence electrons. The molecule has 0 N–H and O–H groups in total. The van der Waals surface area contributed by atoms with Gasteiger partial charge in [0.15, 0.2) is 0 Å². The summed E-state index contributed by atoms with van der Waals surface area (Å²) >= 11 is 0. The first kappa shape index (κ1) is 9.04. The van der Waals surface area contributed by atoms with Crippen LogP contribution in [-0.4, -0.2) is 0 Å². The van der Waals surface area contributed by atoms with Gasteiger partial charge in [0.1, 0.15) is 0 Å². The summed E-state index contributed by atoms with van der Waals surface area (Å²) in [6, 6.07) is 0. The molecule has 0 amide bonds. The molecule has 0 spiro atoms. The van der Waals surface area contributed by atoms with E-state index < -0.39 is 0 Å². The van der Waals surface area contributed by atoms with Crippen molar-refractivity contribution in [3.8, 4) is 12.3 Å². The van der Waals surface area contributed by atoms with E-state index in [0.29, 0.717) is 5.57 Å². The van der Waals surface area contributed by atoms with E-state index in [1.54, 1.807) is 0 Å². The molecule has 0 rings (SSSR count). The lowest BCUT2D eigenvalue weighted by atomic mass is 9.84. The van der Waals surface area contributed by atoms with Crippen molar-refractivity contribution in [2.45, 2.75) is 20.8 Å². The second-order valence-electron chi connectivity index (χ2n) is 3.35. The normalized spacial score (nSPS) is 10.2. The summed E-state index contributed by atoms with van der Waals surface area (Å²) in [6.45, 7) is 13.8. The number of terminal acetylenes is 1. The molecule has 0 aromatic heterocycles. The molecule has 0 unspecified atom stereocenters. The SMILES string of the molecule is C#CC(=C)C(=C)C(C)(C)C. The van der Waals surface area contributed by atoms with Crippen molar-refractivity contribution in [2.75, 3.05) is 0 Å². The van der Waals surface area contributed by atoms with Crippen LogP contribution < -0.4 is 0 Å². The second kappa shape index (κ2) is 2.75. The van der Waals surface area contributed by atoms with Crippen LogP contribution in [0.1, 0.15) is 20.8 Å². The molecule has 0 saturated heterocycles. The first-order valence-electron chi connectivity index (χ1n) is 3.25. The summed E-state index contributed by atoms with van der Waals surface area (Å²) in [5, 5.41) is 0. The highest BCUT2D eigenvalue weighted by molar-refractivity contribution is 5.42. The minimum Gasteiger partial charge on any atom is -0.115 e. The quantitative estimate of drug-likeness (QED) is 0.382. The van der Waals surface area contributed by atoms with Gasteiger partial charge in [0.2, 0.25) is 0 Å². The molecule has 0 fully saturated rings. The Hall–Kier alpha value is -0.960. The Balaban J connectivity index is 4.43. The van der Waals surface area contributed by atoms with Crippen LogP contribution in [0, 0.1) is 17.8 Å². The number of rotatable bonds is 1. The van der Waals surface area contributed by atoms with E-state index >= 15 is 0 Å². The van der Waals surface area contributed by atoms with Gasteiger partial charge in [0.05, 0.1) is 0 Å². The zero-order valence-corrected chi connectivity index (χ0v) is 6.99. The lowest BCUT2D eigenvalue weighted by molar-refractivity contribution is 0.515. The van der Waals surface area contributed by atoms with Crippen LogP contribution in [0.3, 0.4) is 0 Å². The first-order valence-corrected chi connectivity index (χ1v) is 3.25. The average molecular weight is 134 g/mol. The maximum Gasteiger partial charge on any atom is 0.0202 e. The molecule has 0 radical (unpaired) electrons. The highest BCUT2D eigenvalue weighted by Gasteiger charge is 2.15. The summed E-state index contributed by atoms with van der Waals surface area (Å²) in [7, 11) is 0. The van der Waals surface area contributed by atoms with Gasteiger partial charge in [0, 0.05) is 5.57 Å². The van der Waals surface area contributed by atoms with Gasteiger partial charge in [-0.3, -0.25) is 0 Å². The van der Waals surface area contributed by atoms with Crippen LogP contribution in [0.5, 0.6) is 0 Å². The molecule has 10 heavy (non-hydrogen) atoms. The number of hydrogen-bond donors (Lipinski definition) is 0. The average Bonchev–Trinajstić information content (AvgIpc) is 1.83. The fraction of sp³-hybridized carbons (Fsp3) is 0.400. The fourth-order valence-electron chi connectivity index (χ4n) is 0.540. The van der Waals surface area contributed by atoms with Crippen LogP contribution in [0.15, 0.2) is 24.3 Å². The van der Waals surface area contributed by atoms with E-state index in [4.69, 9.17) is 6.42 Å². The molecule has 0 heterocycles. The van der Waals surface area contributed by atoms with Crippen LogP contribution in [0.4, 0.5) is 0 Å². The molecule has 0 nitrogen and oxygen atoms in total. The molecule has 0 aliphatic heterocycles. The highest BCUT2D eigenvalue weighted by atomic mass is 14.2. The van der Waals surface area contributed by atoms with Gasteiger partial charge >= 0.3 is 0 Å². The molecular weight excluding hydrogens is 120 g/mol. The van der Waals surface area contributed by atoms with Gasteiger partial charge in [-0.2, -0.15) is 0 Å². The molecule has 0 aromatic carbocycles. The number of allylic oxidation sites excluding steroid dienone is 2. The van der Waals surface area contributed by atoms with Crippen molar-refractivity contribution >= 4 is 0 Å². The molecule has 0 bridgehead atoms. The van der Waals surface area contributed by atoms with Crippen molar-refractivity contribution in [2.24, 2.45) is 5.41 Å². The molecular formula is C10H14. The summed E-state index contributed by atoms with van der Waals surface area (Å²) in [5.41, 5.74) is 1.69. The summed E-state index contributed by atoms with van der Waals surface area (Å²) in [4.78, 5) is 0. The lowest BCUT2D eigenvalue weighted by Gasteiger charge is -2.20. The Morgan fingerprint density at radius 2 is 1.70 bits per heavy atom. The number of hydrogen-bond acceptors (Lipinski definition) is 0.